The molecule has 0 radical (unpaired) electrons. The van der Waals surface area contributed by atoms with Crippen molar-refractivity contribution in [2.24, 2.45) is 13.0 Å². The van der Waals surface area contributed by atoms with Crippen LogP contribution in [0.15, 0.2) is 6.20 Å². The first kappa shape index (κ1) is 15.3. The van der Waals surface area contributed by atoms with Crippen molar-refractivity contribution in [1.29, 1.82) is 0 Å². The number of aromatic nitrogens is 5. The van der Waals surface area contributed by atoms with Crippen LogP contribution < -0.4 is 0 Å². The van der Waals surface area contributed by atoms with Gasteiger partial charge >= 0.3 is 0 Å². The van der Waals surface area contributed by atoms with Crippen LogP contribution >= 0.6 is 0 Å². The Morgan fingerprint density at radius 1 is 1.42 bits per heavy atom. The molecule has 0 aromatic carbocycles. The molecule has 0 unspecified atom stereocenters. The van der Waals surface area contributed by atoms with Gasteiger partial charge in [0.15, 0.2) is 5.82 Å². The molecule has 4 rings (SSSR count). The molecule has 0 bridgehead atoms. The van der Waals surface area contributed by atoms with E-state index in [1.165, 1.54) is 0 Å². The van der Waals surface area contributed by atoms with Crippen molar-refractivity contribution in [2.45, 2.75) is 31.6 Å². The summed E-state index contributed by atoms with van der Waals surface area (Å²) in [5.41, 5.74) is 1.27. The molecule has 3 heterocycles. The van der Waals surface area contributed by atoms with Crippen molar-refractivity contribution in [1.82, 2.24) is 29.9 Å². The standard InChI is InChI=1S/C16H21FN6O/c1-9-12(7-22(2)21-9)16(24)23-6-11(5-17)13(8-23)15-18-14(19-20-15)10-3-4-10/h7,10-11,13H,3-6,8H2,1-2H3,(H,18,19,20)/t11-,13-/m1/s1. The molecule has 2 aromatic heterocycles. The largest absolute Gasteiger partial charge is 0.337 e. The van der Waals surface area contributed by atoms with E-state index in [0.717, 1.165) is 18.7 Å². The van der Waals surface area contributed by atoms with Crippen LogP contribution in [0.2, 0.25) is 0 Å². The summed E-state index contributed by atoms with van der Waals surface area (Å²) in [6.45, 7) is 2.20. The number of halogens is 1. The Balaban J connectivity index is 1.54. The van der Waals surface area contributed by atoms with E-state index < -0.39 is 6.67 Å². The molecule has 128 valence electrons. The highest BCUT2D eigenvalue weighted by Crippen LogP contribution is 2.39. The van der Waals surface area contributed by atoms with Gasteiger partial charge in [-0.05, 0) is 19.8 Å². The molecular formula is C16H21FN6O. The summed E-state index contributed by atoms with van der Waals surface area (Å²) in [4.78, 5) is 19.0. The number of aromatic amines is 1. The molecule has 1 amide bonds. The molecule has 2 aliphatic rings. The van der Waals surface area contributed by atoms with E-state index >= 15 is 0 Å². The normalized spacial score (nSPS) is 23.9. The van der Waals surface area contributed by atoms with E-state index in [1.807, 2.05) is 6.92 Å². The third kappa shape index (κ3) is 2.59. The Kier molecular flexibility index (Phi) is 3.62. The number of H-pyrrole nitrogens is 1. The second kappa shape index (κ2) is 5.68. The number of hydrogen-bond acceptors (Lipinski definition) is 4. The number of carbonyl (C=O) groups excluding carboxylic acids is 1. The van der Waals surface area contributed by atoms with Crippen molar-refractivity contribution in [3.63, 3.8) is 0 Å². The fraction of sp³-hybridized carbons (Fsp3) is 0.625. The molecule has 8 heteroatoms. The van der Waals surface area contributed by atoms with E-state index in [-0.39, 0.29) is 17.7 Å². The number of alkyl halides is 1. The van der Waals surface area contributed by atoms with E-state index in [0.29, 0.717) is 36.1 Å². The Labute approximate surface area is 139 Å². The van der Waals surface area contributed by atoms with Gasteiger partial charge in [-0.2, -0.15) is 10.2 Å². The van der Waals surface area contributed by atoms with Crippen molar-refractivity contribution < 1.29 is 9.18 Å². The van der Waals surface area contributed by atoms with Gasteiger partial charge in [-0.15, -0.1) is 0 Å². The zero-order chi connectivity index (χ0) is 16.8. The number of nitrogens with one attached hydrogen (secondary N) is 1. The lowest BCUT2D eigenvalue weighted by atomic mass is 9.97. The molecule has 1 N–H and O–H groups in total. The summed E-state index contributed by atoms with van der Waals surface area (Å²) in [5.74, 6) is 1.52. The van der Waals surface area contributed by atoms with Gasteiger partial charge in [-0.25, -0.2) is 4.98 Å². The van der Waals surface area contributed by atoms with E-state index in [1.54, 1.807) is 22.8 Å². The maximum atomic E-state index is 13.5. The first-order valence-electron chi connectivity index (χ1n) is 8.34. The number of amides is 1. The maximum absolute atomic E-state index is 13.5. The molecule has 1 saturated heterocycles. The van der Waals surface area contributed by atoms with Crippen LogP contribution in [0, 0.1) is 12.8 Å². The summed E-state index contributed by atoms with van der Waals surface area (Å²) < 4.78 is 15.1. The minimum absolute atomic E-state index is 0.0940. The van der Waals surface area contributed by atoms with Gasteiger partial charge in [0.2, 0.25) is 0 Å². The van der Waals surface area contributed by atoms with Gasteiger partial charge < -0.3 is 4.90 Å². The minimum atomic E-state index is -0.472. The van der Waals surface area contributed by atoms with E-state index in [9.17, 15) is 9.18 Å². The van der Waals surface area contributed by atoms with Crippen molar-refractivity contribution in [3.8, 4) is 0 Å². The highest BCUT2D eigenvalue weighted by Gasteiger charge is 2.39. The number of nitrogens with zero attached hydrogens (tertiary/aromatic N) is 5. The number of carbonyl (C=O) groups is 1. The fourth-order valence-corrected chi connectivity index (χ4v) is 3.46. The fourth-order valence-electron chi connectivity index (χ4n) is 3.46. The second-order valence-electron chi connectivity index (χ2n) is 6.89. The predicted octanol–water partition coefficient (Wildman–Crippen LogP) is 1.55. The zero-order valence-corrected chi connectivity index (χ0v) is 13.9. The molecule has 1 saturated carbocycles. The first-order chi connectivity index (χ1) is 11.6. The highest BCUT2D eigenvalue weighted by molar-refractivity contribution is 5.95. The molecule has 24 heavy (non-hydrogen) atoms. The summed E-state index contributed by atoms with van der Waals surface area (Å²) in [6.07, 6.45) is 3.97. The van der Waals surface area contributed by atoms with Crippen LogP contribution in [0.4, 0.5) is 4.39 Å². The summed E-state index contributed by atoms with van der Waals surface area (Å²) >= 11 is 0. The summed E-state index contributed by atoms with van der Waals surface area (Å²) in [5, 5.41) is 11.4. The average Bonchev–Trinajstić information content (AvgIpc) is 3.00. The van der Waals surface area contributed by atoms with E-state index in [4.69, 9.17) is 0 Å². The number of aryl methyl sites for hydroxylation is 2. The zero-order valence-electron chi connectivity index (χ0n) is 13.9. The molecule has 2 aromatic rings. The Morgan fingerprint density at radius 3 is 2.83 bits per heavy atom. The van der Waals surface area contributed by atoms with Gasteiger partial charge in [-0.1, -0.05) is 0 Å². The quantitative estimate of drug-likeness (QED) is 0.921. The van der Waals surface area contributed by atoms with Crippen LogP contribution in [0.1, 0.15) is 52.4 Å². The lowest BCUT2D eigenvalue weighted by molar-refractivity contribution is 0.0783. The molecular weight excluding hydrogens is 311 g/mol. The second-order valence-corrected chi connectivity index (χ2v) is 6.89. The average molecular weight is 332 g/mol. The van der Waals surface area contributed by atoms with Gasteiger partial charge in [0.05, 0.1) is 17.9 Å². The Bertz CT molecular complexity index is 764. The van der Waals surface area contributed by atoms with Crippen molar-refractivity contribution in [2.75, 3.05) is 19.8 Å². The molecule has 7 nitrogen and oxygen atoms in total. The number of hydrogen-bond donors (Lipinski definition) is 1. The number of likely N-dealkylation sites (tertiary alicyclic amines) is 1. The Hall–Kier alpha value is -2.25. The lowest BCUT2D eigenvalue weighted by Gasteiger charge is -2.15. The smallest absolute Gasteiger partial charge is 0.257 e. The highest BCUT2D eigenvalue weighted by atomic mass is 19.1. The topological polar surface area (TPSA) is 79.7 Å². The maximum Gasteiger partial charge on any atom is 0.257 e. The van der Waals surface area contributed by atoms with Crippen molar-refractivity contribution >= 4 is 5.91 Å². The van der Waals surface area contributed by atoms with E-state index in [2.05, 4.69) is 20.3 Å². The minimum Gasteiger partial charge on any atom is -0.337 e. The monoisotopic (exact) mass is 332 g/mol. The molecule has 0 spiro atoms. The van der Waals surface area contributed by atoms with Crippen LogP contribution in [0.5, 0.6) is 0 Å². The molecule has 2 fully saturated rings. The Morgan fingerprint density at radius 2 is 2.21 bits per heavy atom. The molecule has 2 atom stereocenters. The van der Waals surface area contributed by atoms with Crippen molar-refractivity contribution in [3.05, 3.63) is 29.1 Å². The number of rotatable bonds is 4. The van der Waals surface area contributed by atoms with Crippen LogP contribution in [-0.2, 0) is 7.05 Å². The van der Waals surface area contributed by atoms with Crippen LogP contribution in [0.3, 0.4) is 0 Å². The lowest BCUT2D eigenvalue weighted by Crippen LogP contribution is -2.29. The third-order valence-electron chi connectivity index (χ3n) is 4.98. The summed E-state index contributed by atoms with van der Waals surface area (Å²) in [6, 6.07) is 0. The third-order valence-corrected chi connectivity index (χ3v) is 4.98. The molecule has 1 aliphatic carbocycles. The summed E-state index contributed by atoms with van der Waals surface area (Å²) in [7, 11) is 1.79. The van der Waals surface area contributed by atoms with Gasteiger partial charge in [-0.3, -0.25) is 19.0 Å². The van der Waals surface area contributed by atoms with Crippen LogP contribution in [0.25, 0.3) is 0 Å². The van der Waals surface area contributed by atoms with Crippen LogP contribution in [-0.4, -0.2) is 55.5 Å². The first-order valence-corrected chi connectivity index (χ1v) is 8.34. The SMILES string of the molecule is Cc1nn(C)cc1C(=O)N1C[C@@H](CF)[C@H](c2nc(C3CC3)n[nH]2)C1. The van der Waals surface area contributed by atoms with Gasteiger partial charge in [0.1, 0.15) is 5.82 Å². The molecule has 1 aliphatic heterocycles. The van der Waals surface area contributed by atoms with Gasteiger partial charge in [0, 0.05) is 44.1 Å². The van der Waals surface area contributed by atoms with Gasteiger partial charge in [0.25, 0.3) is 5.91 Å². The predicted molar refractivity (Wildman–Crippen MR) is 84.4 cm³/mol.